The zero-order valence-electron chi connectivity index (χ0n) is 13.8. The molecule has 5 nitrogen and oxygen atoms in total. The highest BCUT2D eigenvalue weighted by Crippen LogP contribution is 2.24. The van der Waals surface area contributed by atoms with Crippen LogP contribution in [-0.2, 0) is 11.2 Å². The lowest BCUT2D eigenvalue weighted by Crippen LogP contribution is -2.22. The monoisotopic (exact) mass is 326 g/mol. The van der Waals surface area contributed by atoms with E-state index in [1.807, 2.05) is 24.4 Å². The predicted molar refractivity (Wildman–Crippen MR) is 96.1 cm³/mol. The summed E-state index contributed by atoms with van der Waals surface area (Å²) in [4.78, 5) is 10.5. The van der Waals surface area contributed by atoms with Gasteiger partial charge in [-0.25, -0.2) is 0 Å². The number of carbonyl (C=O) groups is 1. The predicted octanol–water partition coefficient (Wildman–Crippen LogP) is 3.16. The Hall–Kier alpha value is -2.95. The summed E-state index contributed by atoms with van der Waals surface area (Å²) in [5.74, 6) is 0.895. The van der Waals surface area contributed by atoms with Crippen molar-refractivity contribution in [2.24, 2.45) is 0 Å². The molecular formula is C19H22N2O3. The van der Waals surface area contributed by atoms with Crippen LogP contribution in [0.2, 0.25) is 0 Å². The van der Waals surface area contributed by atoms with Gasteiger partial charge in [0.1, 0.15) is 11.5 Å². The van der Waals surface area contributed by atoms with Crippen LogP contribution in [0, 0.1) is 0 Å². The number of aromatic hydroxyl groups is 1. The molecule has 2 rings (SSSR count). The van der Waals surface area contributed by atoms with Crippen LogP contribution in [-0.4, -0.2) is 24.7 Å². The molecule has 1 amide bonds. The van der Waals surface area contributed by atoms with E-state index in [1.165, 1.54) is 5.56 Å². The quantitative estimate of drug-likeness (QED) is 0.515. The topological polar surface area (TPSA) is 70.6 Å². The molecule has 126 valence electrons. The third-order valence-corrected chi connectivity index (χ3v) is 3.59. The first-order valence-electron chi connectivity index (χ1n) is 7.71. The lowest BCUT2D eigenvalue weighted by atomic mass is 10.1. The highest BCUT2D eigenvalue weighted by Gasteiger charge is 2.02. The molecule has 1 atom stereocenters. The normalized spacial score (nSPS) is 11.9. The highest BCUT2D eigenvalue weighted by atomic mass is 16.5. The molecule has 0 aliphatic rings. The van der Waals surface area contributed by atoms with Crippen molar-refractivity contribution in [1.82, 2.24) is 5.32 Å². The van der Waals surface area contributed by atoms with E-state index >= 15 is 0 Å². The molecule has 0 saturated heterocycles. The van der Waals surface area contributed by atoms with Crippen molar-refractivity contribution in [3.8, 4) is 11.5 Å². The Bertz CT molecular complexity index is 696. The summed E-state index contributed by atoms with van der Waals surface area (Å²) in [7, 11) is 1.66. The van der Waals surface area contributed by atoms with E-state index in [9.17, 15) is 9.90 Å². The van der Waals surface area contributed by atoms with Gasteiger partial charge in [0.15, 0.2) is 0 Å². The maximum Gasteiger partial charge on any atom is 0.211 e. The van der Waals surface area contributed by atoms with E-state index in [-0.39, 0.29) is 11.8 Å². The second-order valence-electron chi connectivity index (χ2n) is 5.49. The summed E-state index contributed by atoms with van der Waals surface area (Å²) < 4.78 is 5.15. The number of anilines is 1. The molecule has 0 saturated carbocycles. The maximum absolute atomic E-state index is 10.5. The SMILES string of the molecule is COc1ccc(C[C@@H](C)N/C=C/c2ccc(O)c(NC=O)c2)cc1. The lowest BCUT2D eigenvalue weighted by molar-refractivity contribution is -0.105. The molecule has 0 spiro atoms. The van der Waals surface area contributed by atoms with Crippen LogP contribution >= 0.6 is 0 Å². The van der Waals surface area contributed by atoms with Crippen LogP contribution in [0.1, 0.15) is 18.1 Å². The number of amides is 1. The summed E-state index contributed by atoms with van der Waals surface area (Å²) in [6.45, 7) is 2.10. The van der Waals surface area contributed by atoms with E-state index in [0.29, 0.717) is 12.1 Å². The van der Waals surface area contributed by atoms with Crippen molar-refractivity contribution in [3.05, 3.63) is 59.8 Å². The number of carbonyl (C=O) groups excluding carboxylic acids is 1. The smallest absolute Gasteiger partial charge is 0.211 e. The lowest BCUT2D eigenvalue weighted by Gasteiger charge is -2.12. The third kappa shape index (κ3) is 5.05. The van der Waals surface area contributed by atoms with Gasteiger partial charge in [-0.05, 0) is 61.0 Å². The molecule has 0 aliphatic heterocycles. The summed E-state index contributed by atoms with van der Waals surface area (Å²) in [5, 5.41) is 15.4. The van der Waals surface area contributed by atoms with Gasteiger partial charge < -0.3 is 20.5 Å². The number of methoxy groups -OCH3 is 1. The molecule has 0 radical (unpaired) electrons. The van der Waals surface area contributed by atoms with Gasteiger partial charge in [0.2, 0.25) is 6.41 Å². The molecule has 0 heterocycles. The Kier molecular flexibility index (Phi) is 6.25. The van der Waals surface area contributed by atoms with Gasteiger partial charge in [-0.15, -0.1) is 0 Å². The molecule has 0 aliphatic carbocycles. The van der Waals surface area contributed by atoms with Gasteiger partial charge >= 0.3 is 0 Å². The van der Waals surface area contributed by atoms with Crippen LogP contribution in [0.15, 0.2) is 48.7 Å². The number of ether oxygens (including phenoxy) is 1. The van der Waals surface area contributed by atoms with E-state index in [0.717, 1.165) is 17.7 Å². The Morgan fingerprint density at radius 3 is 2.62 bits per heavy atom. The van der Waals surface area contributed by atoms with Gasteiger partial charge in [0, 0.05) is 6.04 Å². The van der Waals surface area contributed by atoms with E-state index in [2.05, 4.69) is 29.7 Å². The minimum Gasteiger partial charge on any atom is -0.506 e. The second kappa shape index (κ2) is 8.62. The van der Waals surface area contributed by atoms with Crippen LogP contribution in [0.3, 0.4) is 0 Å². The maximum atomic E-state index is 10.5. The number of hydrogen-bond acceptors (Lipinski definition) is 4. The standard InChI is InChI=1S/C19H22N2O3/c1-14(11-15-3-6-17(24-2)7-4-15)20-10-9-16-5-8-19(23)18(12-16)21-13-22/h3-10,12-14,20,23H,11H2,1-2H3,(H,21,22)/b10-9+/t14-/m1/s1. The third-order valence-electron chi connectivity index (χ3n) is 3.59. The van der Waals surface area contributed by atoms with Crippen molar-refractivity contribution in [1.29, 1.82) is 0 Å². The van der Waals surface area contributed by atoms with E-state index in [1.54, 1.807) is 25.3 Å². The van der Waals surface area contributed by atoms with Gasteiger partial charge in [-0.3, -0.25) is 4.79 Å². The average molecular weight is 326 g/mol. The van der Waals surface area contributed by atoms with Gasteiger partial charge in [0.25, 0.3) is 0 Å². The molecule has 2 aromatic rings. The zero-order valence-corrected chi connectivity index (χ0v) is 13.8. The minimum atomic E-state index is 0.0417. The number of phenolic OH excluding ortho intramolecular Hbond substituents is 1. The Balaban J connectivity index is 1.90. The van der Waals surface area contributed by atoms with Gasteiger partial charge in [0.05, 0.1) is 12.8 Å². The Morgan fingerprint density at radius 1 is 1.21 bits per heavy atom. The van der Waals surface area contributed by atoms with Crippen molar-refractivity contribution >= 4 is 18.2 Å². The van der Waals surface area contributed by atoms with Crippen LogP contribution in [0.5, 0.6) is 11.5 Å². The summed E-state index contributed by atoms with van der Waals surface area (Å²) in [6.07, 6.45) is 5.19. The van der Waals surface area contributed by atoms with E-state index in [4.69, 9.17) is 4.74 Å². The van der Waals surface area contributed by atoms with Crippen LogP contribution in [0.4, 0.5) is 5.69 Å². The molecule has 0 bridgehead atoms. The largest absolute Gasteiger partial charge is 0.506 e. The van der Waals surface area contributed by atoms with Crippen molar-refractivity contribution in [2.45, 2.75) is 19.4 Å². The number of benzene rings is 2. The summed E-state index contributed by atoms with van der Waals surface area (Å²) in [5.41, 5.74) is 2.49. The Morgan fingerprint density at radius 2 is 1.96 bits per heavy atom. The number of hydrogen-bond donors (Lipinski definition) is 3. The Labute approximate surface area is 142 Å². The molecule has 0 fully saturated rings. The molecule has 2 aromatic carbocycles. The summed E-state index contributed by atoms with van der Waals surface area (Å²) in [6, 6.07) is 13.3. The van der Waals surface area contributed by atoms with Crippen molar-refractivity contribution in [2.75, 3.05) is 12.4 Å². The molecule has 0 unspecified atom stereocenters. The minimum absolute atomic E-state index is 0.0417. The highest BCUT2D eigenvalue weighted by molar-refractivity contribution is 5.76. The van der Waals surface area contributed by atoms with E-state index < -0.39 is 0 Å². The average Bonchev–Trinajstić information content (AvgIpc) is 2.58. The van der Waals surface area contributed by atoms with Gasteiger partial charge in [-0.1, -0.05) is 18.2 Å². The van der Waals surface area contributed by atoms with Crippen LogP contribution in [0.25, 0.3) is 6.08 Å². The first-order chi connectivity index (χ1) is 11.6. The molecule has 3 N–H and O–H groups in total. The molecule has 0 aromatic heterocycles. The zero-order chi connectivity index (χ0) is 17.4. The number of rotatable bonds is 8. The molecule has 24 heavy (non-hydrogen) atoms. The fraction of sp³-hybridized carbons (Fsp3) is 0.211. The number of nitrogens with one attached hydrogen (secondary N) is 2. The summed E-state index contributed by atoms with van der Waals surface area (Å²) >= 11 is 0. The van der Waals surface area contributed by atoms with Gasteiger partial charge in [-0.2, -0.15) is 0 Å². The fourth-order valence-corrected chi connectivity index (χ4v) is 2.32. The van der Waals surface area contributed by atoms with Crippen molar-refractivity contribution < 1.29 is 14.6 Å². The molecular weight excluding hydrogens is 304 g/mol. The number of phenols is 1. The second-order valence-corrected chi connectivity index (χ2v) is 5.49. The first-order valence-corrected chi connectivity index (χ1v) is 7.71. The van der Waals surface area contributed by atoms with Crippen LogP contribution < -0.4 is 15.4 Å². The van der Waals surface area contributed by atoms with Crippen molar-refractivity contribution in [3.63, 3.8) is 0 Å². The molecule has 5 heteroatoms. The first kappa shape index (κ1) is 17.4. The fourth-order valence-electron chi connectivity index (χ4n) is 2.32.